The van der Waals surface area contributed by atoms with Crippen LogP contribution in [0.1, 0.15) is 26.3 Å². The van der Waals surface area contributed by atoms with Crippen molar-refractivity contribution < 1.29 is 0 Å². The summed E-state index contributed by atoms with van der Waals surface area (Å²) in [6, 6.07) is 4.92. The van der Waals surface area contributed by atoms with Gasteiger partial charge in [-0.25, -0.2) is 4.98 Å². The molecule has 0 aromatic carbocycles. The van der Waals surface area contributed by atoms with E-state index in [1.807, 2.05) is 6.20 Å². The summed E-state index contributed by atoms with van der Waals surface area (Å²) in [5.41, 5.74) is 1.31. The minimum absolute atomic E-state index is 0.670. The molecule has 1 aliphatic heterocycles. The van der Waals surface area contributed by atoms with Crippen LogP contribution < -0.4 is 5.32 Å². The van der Waals surface area contributed by atoms with Gasteiger partial charge in [0.25, 0.3) is 0 Å². The number of hydrogen-bond acceptors (Lipinski definition) is 4. The second kappa shape index (κ2) is 6.87. The van der Waals surface area contributed by atoms with Crippen LogP contribution in [0.4, 0.5) is 5.82 Å². The van der Waals surface area contributed by atoms with E-state index in [1.54, 1.807) is 0 Å². The number of piperazine rings is 1. The first-order chi connectivity index (χ1) is 9.19. The van der Waals surface area contributed by atoms with Crippen molar-refractivity contribution in [1.82, 2.24) is 14.8 Å². The Balaban J connectivity index is 1.82. The topological polar surface area (TPSA) is 31.4 Å². The fourth-order valence-corrected chi connectivity index (χ4v) is 2.50. The van der Waals surface area contributed by atoms with E-state index in [9.17, 15) is 0 Å². The van der Waals surface area contributed by atoms with Crippen LogP contribution in [-0.2, 0) is 6.54 Å². The molecule has 1 aliphatic rings. The summed E-state index contributed by atoms with van der Waals surface area (Å²) in [4.78, 5) is 9.49. The Labute approximate surface area is 116 Å². The summed E-state index contributed by atoms with van der Waals surface area (Å²) < 4.78 is 0. The number of aromatic nitrogens is 1. The summed E-state index contributed by atoms with van der Waals surface area (Å²) in [5.74, 6) is 0.968. The monoisotopic (exact) mass is 262 g/mol. The summed E-state index contributed by atoms with van der Waals surface area (Å²) in [6.45, 7) is 13.3. The fraction of sp³-hybridized carbons (Fsp3) is 0.667. The third kappa shape index (κ3) is 4.18. The molecule has 0 saturated carbocycles. The summed E-state index contributed by atoms with van der Waals surface area (Å²) >= 11 is 0. The molecule has 0 amide bonds. The van der Waals surface area contributed by atoms with E-state index in [2.05, 4.69) is 53.0 Å². The highest BCUT2D eigenvalue weighted by atomic mass is 15.3. The molecular weight excluding hydrogens is 236 g/mol. The Morgan fingerprint density at radius 1 is 1.21 bits per heavy atom. The normalized spacial score (nSPS) is 17.9. The molecule has 2 rings (SSSR count). The average molecular weight is 262 g/mol. The van der Waals surface area contributed by atoms with E-state index >= 15 is 0 Å². The van der Waals surface area contributed by atoms with Crippen LogP contribution in [0.25, 0.3) is 0 Å². The van der Waals surface area contributed by atoms with Gasteiger partial charge in [0.1, 0.15) is 5.82 Å². The summed E-state index contributed by atoms with van der Waals surface area (Å²) in [5, 5.41) is 3.23. The van der Waals surface area contributed by atoms with Gasteiger partial charge >= 0.3 is 0 Å². The van der Waals surface area contributed by atoms with Gasteiger partial charge in [0, 0.05) is 51.5 Å². The molecule has 1 N–H and O–H groups in total. The lowest BCUT2D eigenvalue weighted by molar-refractivity contribution is 0.104. The summed E-state index contributed by atoms with van der Waals surface area (Å²) in [6.07, 6.45) is 1.99. The van der Waals surface area contributed by atoms with Gasteiger partial charge in [-0.2, -0.15) is 0 Å². The van der Waals surface area contributed by atoms with Crippen molar-refractivity contribution in [3.63, 3.8) is 0 Å². The highest BCUT2D eigenvalue weighted by Gasteiger charge is 2.18. The zero-order valence-corrected chi connectivity index (χ0v) is 12.4. The van der Waals surface area contributed by atoms with Gasteiger partial charge in [0.05, 0.1) is 0 Å². The maximum Gasteiger partial charge on any atom is 0.125 e. The van der Waals surface area contributed by atoms with Crippen molar-refractivity contribution in [2.24, 2.45) is 0 Å². The van der Waals surface area contributed by atoms with Crippen LogP contribution in [0.3, 0.4) is 0 Å². The third-order valence-corrected chi connectivity index (χ3v) is 3.73. The first kappa shape index (κ1) is 14.3. The zero-order chi connectivity index (χ0) is 13.7. The number of pyridine rings is 1. The predicted molar refractivity (Wildman–Crippen MR) is 80.4 cm³/mol. The average Bonchev–Trinajstić information content (AvgIpc) is 2.42. The van der Waals surface area contributed by atoms with Crippen LogP contribution in [0.2, 0.25) is 0 Å². The molecule has 0 spiro atoms. The van der Waals surface area contributed by atoms with Crippen LogP contribution in [0, 0.1) is 0 Å². The van der Waals surface area contributed by atoms with E-state index < -0.39 is 0 Å². The lowest BCUT2D eigenvalue weighted by atomic mass is 10.2. The molecule has 0 bridgehead atoms. The van der Waals surface area contributed by atoms with Crippen LogP contribution in [-0.4, -0.2) is 53.5 Å². The van der Waals surface area contributed by atoms with E-state index in [1.165, 1.54) is 18.7 Å². The maximum absolute atomic E-state index is 4.43. The Hall–Kier alpha value is -1.13. The third-order valence-electron chi connectivity index (χ3n) is 3.73. The molecule has 4 nitrogen and oxygen atoms in total. The van der Waals surface area contributed by atoms with E-state index in [0.29, 0.717) is 6.04 Å². The molecule has 4 heteroatoms. The molecule has 19 heavy (non-hydrogen) atoms. The highest BCUT2D eigenvalue weighted by Crippen LogP contribution is 2.11. The Bertz CT molecular complexity index is 366. The van der Waals surface area contributed by atoms with Gasteiger partial charge < -0.3 is 5.32 Å². The smallest absolute Gasteiger partial charge is 0.125 e. The molecule has 0 atom stereocenters. The SMILES string of the molecule is CCNc1ccc(CN2CCN(C(C)C)CC2)cn1. The second-order valence-corrected chi connectivity index (χ2v) is 5.49. The molecule has 1 fully saturated rings. The van der Waals surface area contributed by atoms with Crippen molar-refractivity contribution >= 4 is 5.82 Å². The molecule has 0 radical (unpaired) electrons. The maximum atomic E-state index is 4.43. The van der Waals surface area contributed by atoms with Crippen molar-refractivity contribution in [3.05, 3.63) is 23.9 Å². The number of nitrogens with one attached hydrogen (secondary N) is 1. The molecule has 0 aliphatic carbocycles. The number of nitrogens with zero attached hydrogens (tertiary/aromatic N) is 3. The van der Waals surface area contributed by atoms with Gasteiger partial charge in [-0.1, -0.05) is 6.07 Å². The van der Waals surface area contributed by atoms with E-state index in [4.69, 9.17) is 0 Å². The van der Waals surface area contributed by atoms with Gasteiger partial charge in [-0.3, -0.25) is 9.80 Å². The van der Waals surface area contributed by atoms with Crippen LogP contribution >= 0.6 is 0 Å². The van der Waals surface area contributed by atoms with Crippen molar-refractivity contribution in [1.29, 1.82) is 0 Å². The molecule has 0 unspecified atom stereocenters. The summed E-state index contributed by atoms with van der Waals surface area (Å²) in [7, 11) is 0. The minimum atomic E-state index is 0.670. The molecule has 1 aromatic rings. The van der Waals surface area contributed by atoms with Gasteiger partial charge in [0.15, 0.2) is 0 Å². The Kier molecular flexibility index (Phi) is 5.16. The van der Waals surface area contributed by atoms with Crippen molar-refractivity contribution in [3.8, 4) is 0 Å². The van der Waals surface area contributed by atoms with E-state index in [0.717, 1.165) is 32.0 Å². The first-order valence-electron chi connectivity index (χ1n) is 7.34. The minimum Gasteiger partial charge on any atom is -0.370 e. The Morgan fingerprint density at radius 2 is 1.95 bits per heavy atom. The molecule has 106 valence electrons. The quantitative estimate of drug-likeness (QED) is 0.880. The van der Waals surface area contributed by atoms with Crippen LogP contribution in [0.5, 0.6) is 0 Å². The number of rotatable bonds is 5. The van der Waals surface area contributed by atoms with Gasteiger partial charge in [-0.05, 0) is 32.4 Å². The molecule has 1 aromatic heterocycles. The van der Waals surface area contributed by atoms with Crippen molar-refractivity contribution in [2.45, 2.75) is 33.4 Å². The molecule has 2 heterocycles. The number of hydrogen-bond donors (Lipinski definition) is 1. The first-order valence-corrected chi connectivity index (χ1v) is 7.34. The van der Waals surface area contributed by atoms with Gasteiger partial charge in [-0.15, -0.1) is 0 Å². The predicted octanol–water partition coefficient (Wildman–Crippen LogP) is 2.04. The lowest BCUT2D eigenvalue weighted by Gasteiger charge is -2.36. The lowest BCUT2D eigenvalue weighted by Crippen LogP contribution is -2.48. The second-order valence-electron chi connectivity index (χ2n) is 5.49. The highest BCUT2D eigenvalue weighted by molar-refractivity contribution is 5.35. The fourth-order valence-electron chi connectivity index (χ4n) is 2.50. The van der Waals surface area contributed by atoms with Crippen LogP contribution in [0.15, 0.2) is 18.3 Å². The molecule has 1 saturated heterocycles. The number of anilines is 1. The largest absolute Gasteiger partial charge is 0.370 e. The van der Waals surface area contributed by atoms with Crippen molar-refractivity contribution in [2.75, 3.05) is 38.0 Å². The Morgan fingerprint density at radius 3 is 2.47 bits per heavy atom. The standard InChI is InChI=1S/C15H26N4/c1-4-16-15-6-5-14(11-17-15)12-18-7-9-19(10-8-18)13(2)3/h5-6,11,13H,4,7-10,12H2,1-3H3,(H,16,17). The van der Waals surface area contributed by atoms with E-state index in [-0.39, 0.29) is 0 Å². The molecular formula is C15H26N4. The van der Waals surface area contributed by atoms with Gasteiger partial charge in [0.2, 0.25) is 0 Å². The zero-order valence-electron chi connectivity index (χ0n) is 12.4.